The maximum atomic E-state index is 13.4. The number of hydrogen-bond acceptors (Lipinski definition) is 1. The van der Waals surface area contributed by atoms with Gasteiger partial charge in [-0.05, 0) is 53.8 Å². The van der Waals surface area contributed by atoms with Crippen molar-refractivity contribution in [1.82, 2.24) is 5.32 Å². The Morgan fingerprint density at radius 1 is 0.947 bits per heavy atom. The highest BCUT2D eigenvalue weighted by atomic mass is 19.1. The van der Waals surface area contributed by atoms with Gasteiger partial charge in [-0.1, -0.05) is 18.2 Å². The smallest absolute Gasteiger partial charge is 0.123 e. The first-order valence-electron chi connectivity index (χ1n) is 6.50. The standard InChI is InChI=1S/C16H15F2N/c17-13-4-1-11(2-5-13)16-9-14(18)6-3-12(16)10-19-15-7-8-15/h1-6,9,15,19H,7-8,10H2. The van der Waals surface area contributed by atoms with Crippen molar-refractivity contribution in [2.45, 2.75) is 25.4 Å². The van der Waals surface area contributed by atoms with Gasteiger partial charge in [0.05, 0.1) is 0 Å². The molecule has 0 amide bonds. The highest BCUT2D eigenvalue weighted by Gasteiger charge is 2.20. The Labute approximate surface area is 111 Å². The van der Waals surface area contributed by atoms with Crippen LogP contribution in [0.25, 0.3) is 11.1 Å². The third kappa shape index (κ3) is 2.99. The molecule has 3 heteroatoms. The fourth-order valence-electron chi connectivity index (χ4n) is 2.14. The molecule has 1 N–H and O–H groups in total. The summed E-state index contributed by atoms with van der Waals surface area (Å²) in [4.78, 5) is 0. The largest absolute Gasteiger partial charge is 0.310 e. The van der Waals surface area contributed by atoms with Crippen LogP contribution in [0.4, 0.5) is 8.78 Å². The van der Waals surface area contributed by atoms with E-state index >= 15 is 0 Å². The highest BCUT2D eigenvalue weighted by molar-refractivity contribution is 5.67. The summed E-state index contributed by atoms with van der Waals surface area (Å²) < 4.78 is 26.4. The van der Waals surface area contributed by atoms with Crippen molar-refractivity contribution < 1.29 is 8.78 Å². The molecule has 0 aromatic heterocycles. The van der Waals surface area contributed by atoms with Gasteiger partial charge in [-0.3, -0.25) is 0 Å². The maximum absolute atomic E-state index is 13.4. The van der Waals surface area contributed by atoms with Gasteiger partial charge in [0.25, 0.3) is 0 Å². The highest BCUT2D eigenvalue weighted by Crippen LogP contribution is 2.26. The zero-order chi connectivity index (χ0) is 13.2. The van der Waals surface area contributed by atoms with Crippen molar-refractivity contribution in [3.8, 4) is 11.1 Å². The zero-order valence-electron chi connectivity index (χ0n) is 10.5. The minimum atomic E-state index is -0.280. The van der Waals surface area contributed by atoms with Crippen LogP contribution in [-0.2, 0) is 6.54 Å². The van der Waals surface area contributed by atoms with Crippen LogP contribution in [0.15, 0.2) is 42.5 Å². The SMILES string of the molecule is Fc1ccc(-c2cc(F)ccc2CNC2CC2)cc1. The van der Waals surface area contributed by atoms with Gasteiger partial charge in [0.2, 0.25) is 0 Å². The second-order valence-electron chi connectivity index (χ2n) is 4.96. The van der Waals surface area contributed by atoms with Gasteiger partial charge in [0.15, 0.2) is 0 Å². The Morgan fingerprint density at radius 3 is 2.32 bits per heavy atom. The van der Waals surface area contributed by atoms with E-state index in [9.17, 15) is 8.78 Å². The van der Waals surface area contributed by atoms with E-state index in [0.717, 1.165) is 23.2 Å². The van der Waals surface area contributed by atoms with Crippen molar-refractivity contribution in [3.63, 3.8) is 0 Å². The maximum Gasteiger partial charge on any atom is 0.123 e. The molecule has 0 unspecified atom stereocenters. The molecule has 0 heterocycles. The monoisotopic (exact) mass is 259 g/mol. The van der Waals surface area contributed by atoms with Gasteiger partial charge in [-0.15, -0.1) is 0 Å². The number of benzene rings is 2. The molecular formula is C16H15F2N. The lowest BCUT2D eigenvalue weighted by atomic mass is 9.99. The second-order valence-corrected chi connectivity index (χ2v) is 4.96. The molecule has 0 saturated heterocycles. The zero-order valence-corrected chi connectivity index (χ0v) is 10.5. The van der Waals surface area contributed by atoms with E-state index in [1.54, 1.807) is 18.2 Å². The van der Waals surface area contributed by atoms with Crippen LogP contribution in [0.3, 0.4) is 0 Å². The predicted molar refractivity (Wildman–Crippen MR) is 71.7 cm³/mol. The fraction of sp³-hybridized carbons (Fsp3) is 0.250. The van der Waals surface area contributed by atoms with Crippen LogP contribution in [0.1, 0.15) is 18.4 Å². The molecule has 0 atom stereocenters. The summed E-state index contributed by atoms with van der Waals surface area (Å²) in [7, 11) is 0. The van der Waals surface area contributed by atoms with E-state index < -0.39 is 0 Å². The molecule has 0 spiro atoms. The minimum absolute atomic E-state index is 0.269. The molecular weight excluding hydrogens is 244 g/mol. The van der Waals surface area contributed by atoms with Crippen molar-refractivity contribution in [2.75, 3.05) is 0 Å². The number of hydrogen-bond donors (Lipinski definition) is 1. The van der Waals surface area contributed by atoms with Crippen LogP contribution in [0, 0.1) is 11.6 Å². The average molecular weight is 259 g/mol. The van der Waals surface area contributed by atoms with Gasteiger partial charge < -0.3 is 5.32 Å². The Balaban J connectivity index is 1.92. The number of nitrogens with one attached hydrogen (secondary N) is 1. The summed E-state index contributed by atoms with van der Waals surface area (Å²) in [5.74, 6) is -0.549. The van der Waals surface area contributed by atoms with E-state index in [1.807, 2.05) is 0 Å². The van der Waals surface area contributed by atoms with Crippen molar-refractivity contribution in [3.05, 3.63) is 59.7 Å². The number of rotatable bonds is 4. The predicted octanol–water partition coefficient (Wildman–Crippen LogP) is 3.88. The van der Waals surface area contributed by atoms with Crippen LogP contribution in [0.5, 0.6) is 0 Å². The number of halogens is 2. The molecule has 3 rings (SSSR count). The molecule has 1 fully saturated rings. The van der Waals surface area contributed by atoms with Crippen molar-refractivity contribution in [2.24, 2.45) is 0 Å². The summed E-state index contributed by atoms with van der Waals surface area (Å²) in [5.41, 5.74) is 2.71. The molecule has 1 nitrogen and oxygen atoms in total. The lowest BCUT2D eigenvalue weighted by Gasteiger charge is -2.11. The molecule has 1 aliphatic rings. The second kappa shape index (κ2) is 5.10. The molecule has 0 aliphatic heterocycles. The molecule has 0 bridgehead atoms. The first kappa shape index (κ1) is 12.3. The van der Waals surface area contributed by atoms with Crippen LogP contribution >= 0.6 is 0 Å². The van der Waals surface area contributed by atoms with E-state index in [1.165, 1.54) is 37.1 Å². The van der Waals surface area contributed by atoms with Gasteiger partial charge >= 0.3 is 0 Å². The van der Waals surface area contributed by atoms with Gasteiger partial charge in [-0.25, -0.2) is 8.78 Å². The molecule has 2 aromatic rings. The first-order chi connectivity index (χ1) is 9.22. The molecule has 0 radical (unpaired) electrons. The lowest BCUT2D eigenvalue weighted by molar-refractivity contribution is 0.625. The van der Waals surface area contributed by atoms with Gasteiger partial charge in [-0.2, -0.15) is 0 Å². The topological polar surface area (TPSA) is 12.0 Å². The van der Waals surface area contributed by atoms with Gasteiger partial charge in [0.1, 0.15) is 11.6 Å². The van der Waals surface area contributed by atoms with Crippen LogP contribution in [-0.4, -0.2) is 6.04 Å². The molecule has 2 aromatic carbocycles. The Hall–Kier alpha value is -1.74. The fourth-order valence-corrected chi connectivity index (χ4v) is 2.14. The summed E-state index contributed by atoms with van der Waals surface area (Å²) >= 11 is 0. The van der Waals surface area contributed by atoms with Crippen LogP contribution in [0.2, 0.25) is 0 Å². The third-order valence-corrected chi connectivity index (χ3v) is 3.39. The summed E-state index contributed by atoms with van der Waals surface area (Å²) in [6.07, 6.45) is 2.43. The molecule has 98 valence electrons. The lowest BCUT2D eigenvalue weighted by Crippen LogP contribution is -2.15. The molecule has 1 saturated carbocycles. The summed E-state index contributed by atoms with van der Waals surface area (Å²) in [6.45, 7) is 0.720. The van der Waals surface area contributed by atoms with Crippen molar-refractivity contribution in [1.29, 1.82) is 0 Å². The van der Waals surface area contributed by atoms with Gasteiger partial charge in [0, 0.05) is 12.6 Å². The van der Waals surface area contributed by atoms with E-state index in [4.69, 9.17) is 0 Å². The van der Waals surface area contributed by atoms with Crippen molar-refractivity contribution >= 4 is 0 Å². The molecule has 1 aliphatic carbocycles. The average Bonchev–Trinajstić information content (AvgIpc) is 3.22. The summed E-state index contributed by atoms with van der Waals surface area (Å²) in [6, 6.07) is 11.6. The Bertz CT molecular complexity index is 574. The van der Waals surface area contributed by atoms with E-state index in [2.05, 4.69) is 5.32 Å². The third-order valence-electron chi connectivity index (χ3n) is 3.39. The van der Waals surface area contributed by atoms with E-state index in [0.29, 0.717) is 6.04 Å². The Morgan fingerprint density at radius 2 is 1.63 bits per heavy atom. The van der Waals surface area contributed by atoms with Crippen LogP contribution < -0.4 is 5.32 Å². The van der Waals surface area contributed by atoms with E-state index in [-0.39, 0.29) is 11.6 Å². The quantitative estimate of drug-likeness (QED) is 0.878. The molecule has 19 heavy (non-hydrogen) atoms. The summed E-state index contributed by atoms with van der Waals surface area (Å²) in [5, 5.41) is 3.42. The minimum Gasteiger partial charge on any atom is -0.310 e. The first-order valence-corrected chi connectivity index (χ1v) is 6.50. The normalized spacial score (nSPS) is 14.6. The Kier molecular flexibility index (Phi) is 3.30.